The molecule has 0 spiro atoms. The molecule has 1 N–H and O–H groups in total. The number of thiophene rings is 1. The summed E-state index contributed by atoms with van der Waals surface area (Å²) in [6, 6.07) is 13.3. The molecular weight excluding hydrogens is 720 g/mol. The minimum absolute atomic E-state index is 0.00509. The number of hydrogen-bond donors (Lipinski definition) is 1. The number of nitrogens with zero attached hydrogens (tertiary/aromatic N) is 3. The zero-order valence-corrected chi connectivity index (χ0v) is 31.8. The van der Waals surface area contributed by atoms with Crippen molar-refractivity contribution in [2.75, 3.05) is 27.7 Å². The van der Waals surface area contributed by atoms with Gasteiger partial charge < -0.3 is 19.6 Å². The van der Waals surface area contributed by atoms with E-state index in [4.69, 9.17) is 16.3 Å². The van der Waals surface area contributed by atoms with E-state index in [1.165, 1.54) is 38.2 Å². The van der Waals surface area contributed by atoms with Gasteiger partial charge in [-0.25, -0.2) is 26.3 Å². The van der Waals surface area contributed by atoms with E-state index in [-0.39, 0.29) is 48.9 Å². The number of carbonyl (C=O) groups is 2. The van der Waals surface area contributed by atoms with Crippen molar-refractivity contribution in [1.82, 2.24) is 14.1 Å². The molecule has 51 heavy (non-hydrogen) atoms. The van der Waals surface area contributed by atoms with Gasteiger partial charge in [0.15, 0.2) is 0 Å². The highest BCUT2D eigenvalue weighted by Crippen LogP contribution is 2.41. The van der Waals surface area contributed by atoms with Crippen LogP contribution in [0, 0.1) is 17.0 Å². The average molecular weight is 762 g/mol. The van der Waals surface area contributed by atoms with E-state index in [0.29, 0.717) is 43.5 Å². The third-order valence-electron chi connectivity index (χ3n) is 9.16. The van der Waals surface area contributed by atoms with Gasteiger partial charge in [0.05, 0.1) is 27.1 Å². The monoisotopic (exact) mass is 761 g/mol. The number of methoxy groups -OCH3 is 1. The Labute approximate surface area is 306 Å². The van der Waals surface area contributed by atoms with Crippen LogP contribution >= 0.6 is 22.9 Å². The summed E-state index contributed by atoms with van der Waals surface area (Å²) in [6.45, 7) is 6.37. The van der Waals surface area contributed by atoms with Crippen molar-refractivity contribution in [3.63, 3.8) is 0 Å². The van der Waals surface area contributed by atoms with Crippen molar-refractivity contribution in [3.8, 4) is 16.9 Å². The van der Waals surface area contributed by atoms with Crippen LogP contribution in [-0.4, -0.2) is 79.5 Å². The number of benzene rings is 3. The van der Waals surface area contributed by atoms with Gasteiger partial charge in [-0.3, -0.25) is 4.79 Å². The van der Waals surface area contributed by atoms with Crippen LogP contribution in [0.1, 0.15) is 61.7 Å². The van der Waals surface area contributed by atoms with E-state index in [0.717, 1.165) is 38.9 Å². The van der Waals surface area contributed by atoms with Gasteiger partial charge >= 0.3 is 6.09 Å². The second kappa shape index (κ2) is 15.1. The lowest BCUT2D eigenvalue weighted by molar-refractivity contribution is 0.0492. The number of carbonyl (C=O) groups excluding carboxylic acids is 1. The first-order valence-corrected chi connectivity index (χ1v) is 19.1. The molecule has 14 heteroatoms. The Kier molecular flexibility index (Phi) is 11.4. The van der Waals surface area contributed by atoms with Crippen molar-refractivity contribution in [1.29, 1.82) is 0 Å². The Morgan fingerprint density at radius 2 is 1.49 bits per heavy atom. The zero-order chi connectivity index (χ0) is 37.4. The quantitative estimate of drug-likeness (QED) is 0.173. The fraction of sp³-hybridized carbons (Fsp3) is 0.405. The van der Waals surface area contributed by atoms with E-state index in [9.17, 15) is 31.9 Å². The van der Waals surface area contributed by atoms with E-state index in [1.54, 1.807) is 23.1 Å². The molecule has 0 bridgehead atoms. The molecular formula is C37H42ClF2N3O6S2. The summed E-state index contributed by atoms with van der Waals surface area (Å²) in [5.41, 5.74) is 1.88. The molecule has 1 aliphatic carbocycles. The maximum absolute atomic E-state index is 14.9. The van der Waals surface area contributed by atoms with Crippen molar-refractivity contribution in [3.05, 3.63) is 81.7 Å². The number of carboxylic acid groups (broad SMARTS) is 1. The van der Waals surface area contributed by atoms with Gasteiger partial charge in [-0.2, -0.15) is 0 Å². The number of hydrogen-bond acceptors (Lipinski definition) is 6. The molecule has 4 aromatic rings. The molecule has 0 radical (unpaired) electrons. The van der Waals surface area contributed by atoms with Crippen LogP contribution in [0.4, 0.5) is 13.6 Å². The van der Waals surface area contributed by atoms with Crippen LogP contribution in [0.3, 0.4) is 0 Å². The number of rotatable bonds is 10. The summed E-state index contributed by atoms with van der Waals surface area (Å²) in [6.07, 6.45) is 1.01. The van der Waals surface area contributed by atoms with Gasteiger partial charge in [0.25, 0.3) is 5.91 Å². The largest absolute Gasteiger partial charge is 0.496 e. The molecule has 3 aromatic carbocycles. The second-order valence-corrected chi connectivity index (χ2v) is 17.7. The fourth-order valence-corrected chi connectivity index (χ4v) is 8.98. The highest BCUT2D eigenvalue weighted by atomic mass is 35.5. The number of sulfonamides is 1. The highest BCUT2D eigenvalue weighted by molar-refractivity contribution is 7.89. The Morgan fingerprint density at radius 1 is 0.922 bits per heavy atom. The van der Waals surface area contributed by atoms with E-state index < -0.39 is 33.7 Å². The fourth-order valence-electron chi connectivity index (χ4n) is 6.57. The second-order valence-electron chi connectivity index (χ2n) is 14.2. The minimum atomic E-state index is -3.62. The van der Waals surface area contributed by atoms with E-state index in [1.807, 2.05) is 32.9 Å². The molecule has 1 aromatic heterocycles. The topological polar surface area (TPSA) is 107 Å². The van der Waals surface area contributed by atoms with Gasteiger partial charge in [0.2, 0.25) is 10.0 Å². The van der Waals surface area contributed by atoms with Crippen molar-refractivity contribution >= 4 is 55.0 Å². The Hall–Kier alpha value is -3.78. The van der Waals surface area contributed by atoms with Crippen LogP contribution in [-0.2, 0) is 16.6 Å². The highest BCUT2D eigenvalue weighted by Gasteiger charge is 2.36. The number of fused-ring (bicyclic) bond motifs is 1. The summed E-state index contributed by atoms with van der Waals surface area (Å²) in [5.74, 6) is -1.42. The molecule has 9 nitrogen and oxygen atoms in total. The van der Waals surface area contributed by atoms with Gasteiger partial charge in [-0.1, -0.05) is 50.6 Å². The molecule has 1 saturated carbocycles. The lowest BCUT2D eigenvalue weighted by atomic mass is 9.87. The van der Waals surface area contributed by atoms with Crippen molar-refractivity contribution in [2.24, 2.45) is 5.41 Å². The molecule has 0 unspecified atom stereocenters. The molecule has 2 amide bonds. The number of ether oxygens (including phenoxy) is 1. The normalized spacial score (nSPS) is 16.7. The summed E-state index contributed by atoms with van der Waals surface area (Å²) in [4.78, 5) is 30.1. The van der Waals surface area contributed by atoms with E-state index >= 15 is 0 Å². The van der Waals surface area contributed by atoms with E-state index in [2.05, 4.69) is 0 Å². The Morgan fingerprint density at radius 3 is 2.02 bits per heavy atom. The standard InChI is InChI=1S/C37H42ClF2N3O6S2/c1-37(2,3)21-43(36(45)46)26-12-10-25(11-13-26)42(35(44)34-32(38)31-28(39)16-17-29(40)33(31)50-34)20-24-19-23(9-18-30(24)49-6)22-7-14-27(15-8-22)51(47,48)41(4)5/h7-9,14-19,25-26H,10-13,20-21H2,1-6H3,(H,45,46). The summed E-state index contributed by atoms with van der Waals surface area (Å²) >= 11 is 7.42. The van der Waals surface area contributed by atoms with Gasteiger partial charge in [-0.15, -0.1) is 11.3 Å². The van der Waals surface area contributed by atoms with Crippen molar-refractivity contribution < 1.29 is 36.6 Å². The lowest BCUT2D eigenvalue weighted by Crippen LogP contribution is -2.49. The molecule has 0 atom stereocenters. The zero-order valence-electron chi connectivity index (χ0n) is 29.4. The predicted molar refractivity (Wildman–Crippen MR) is 196 cm³/mol. The number of amides is 2. The van der Waals surface area contributed by atoms with Gasteiger partial charge in [0, 0.05) is 44.8 Å². The minimum Gasteiger partial charge on any atom is -0.496 e. The third kappa shape index (κ3) is 8.16. The van der Waals surface area contributed by atoms with Crippen LogP contribution < -0.4 is 4.74 Å². The first kappa shape index (κ1) is 38.5. The van der Waals surface area contributed by atoms with Gasteiger partial charge in [-0.05, 0) is 78.6 Å². The molecule has 1 aliphatic rings. The van der Waals surface area contributed by atoms with Crippen molar-refractivity contribution in [2.45, 2.75) is 70.0 Å². The maximum atomic E-state index is 14.9. The van der Waals surface area contributed by atoms with Crippen LogP contribution in [0.15, 0.2) is 59.5 Å². The Bertz CT molecular complexity index is 2040. The third-order valence-corrected chi connectivity index (χ3v) is 12.7. The first-order valence-electron chi connectivity index (χ1n) is 16.5. The predicted octanol–water partition coefficient (Wildman–Crippen LogP) is 8.74. The van der Waals surface area contributed by atoms with Crippen LogP contribution in [0.25, 0.3) is 21.2 Å². The van der Waals surface area contributed by atoms with Crippen LogP contribution in [0.5, 0.6) is 5.75 Å². The molecule has 0 saturated heterocycles. The molecule has 1 heterocycles. The Balaban J connectivity index is 1.52. The first-order chi connectivity index (χ1) is 23.9. The summed E-state index contributed by atoms with van der Waals surface area (Å²) in [7, 11) is 0.818. The SMILES string of the molecule is COc1ccc(-c2ccc(S(=O)(=O)N(C)C)cc2)cc1CN(C(=O)c1sc2c(F)ccc(F)c2c1Cl)C1CCC(N(CC(C)(C)C)C(=O)O)CC1. The molecule has 5 rings (SSSR count). The maximum Gasteiger partial charge on any atom is 0.407 e. The molecule has 274 valence electrons. The lowest BCUT2D eigenvalue weighted by Gasteiger charge is -2.41. The smallest absolute Gasteiger partial charge is 0.407 e. The molecule has 1 fully saturated rings. The van der Waals surface area contributed by atoms with Crippen LogP contribution in [0.2, 0.25) is 5.02 Å². The average Bonchev–Trinajstić information content (AvgIpc) is 3.45. The molecule has 0 aliphatic heterocycles. The van der Waals surface area contributed by atoms with Gasteiger partial charge in [0.1, 0.15) is 22.3 Å². The summed E-state index contributed by atoms with van der Waals surface area (Å²) in [5, 5.41) is 9.73. The number of halogens is 3. The summed E-state index contributed by atoms with van der Waals surface area (Å²) < 4.78 is 61.7.